The fourth-order valence-corrected chi connectivity index (χ4v) is 6.06. The van der Waals surface area contributed by atoms with Gasteiger partial charge < -0.3 is 5.32 Å². The van der Waals surface area contributed by atoms with E-state index in [4.69, 9.17) is 28.3 Å². The number of nitrogens with one attached hydrogen (secondary N) is 1. The van der Waals surface area contributed by atoms with Gasteiger partial charge in [-0.3, -0.25) is 9.80 Å². The van der Waals surface area contributed by atoms with Crippen LogP contribution in [0.3, 0.4) is 0 Å². The zero-order valence-corrected chi connectivity index (χ0v) is 21.2. The first-order valence-corrected chi connectivity index (χ1v) is 12.8. The minimum absolute atomic E-state index is 0.0657. The van der Waals surface area contributed by atoms with Crippen LogP contribution >= 0.6 is 45.8 Å². The molecule has 5 rings (SSSR count). The number of amides is 1. The minimum atomic E-state index is -0.138. The molecule has 0 radical (unpaired) electrons. The van der Waals surface area contributed by atoms with Crippen molar-refractivity contribution in [2.45, 2.75) is 50.1 Å². The molecule has 166 valence electrons. The van der Waals surface area contributed by atoms with Crippen molar-refractivity contribution in [2.75, 3.05) is 5.01 Å². The van der Waals surface area contributed by atoms with Crippen LogP contribution in [0.25, 0.3) is 0 Å². The number of benzene rings is 2. The molecule has 1 amide bonds. The third-order valence-corrected chi connectivity index (χ3v) is 8.02. The van der Waals surface area contributed by atoms with Gasteiger partial charge in [-0.05, 0) is 90.1 Å². The predicted molar refractivity (Wildman–Crippen MR) is 139 cm³/mol. The SMILES string of the molecule is O=C(NC12CC=CC(CCC1)C2)C1=NN(c2ccc(Cl)cc2Cl)C(c2ccc(I)cc2)C1. The Balaban J connectivity index is 1.45. The van der Waals surface area contributed by atoms with Gasteiger partial charge in [0, 0.05) is 20.6 Å². The molecule has 3 atom stereocenters. The third-order valence-electron chi connectivity index (χ3n) is 6.76. The summed E-state index contributed by atoms with van der Waals surface area (Å²) in [6.07, 6.45) is 10.4. The molecule has 0 aromatic heterocycles. The van der Waals surface area contributed by atoms with Crippen molar-refractivity contribution in [1.29, 1.82) is 0 Å². The highest BCUT2D eigenvalue weighted by molar-refractivity contribution is 14.1. The van der Waals surface area contributed by atoms with E-state index in [2.05, 4.69) is 64.3 Å². The minimum Gasteiger partial charge on any atom is -0.345 e. The van der Waals surface area contributed by atoms with E-state index in [0.29, 0.717) is 28.1 Å². The van der Waals surface area contributed by atoms with E-state index in [9.17, 15) is 4.79 Å². The average molecular weight is 580 g/mol. The number of nitrogens with zero attached hydrogens (tertiary/aromatic N) is 2. The molecule has 0 saturated heterocycles. The zero-order chi connectivity index (χ0) is 22.3. The number of hydrogen-bond acceptors (Lipinski definition) is 3. The molecule has 1 saturated carbocycles. The molecule has 2 aliphatic carbocycles. The lowest BCUT2D eigenvalue weighted by atomic mass is 9.70. The van der Waals surface area contributed by atoms with Crippen molar-refractivity contribution >= 4 is 63.1 Å². The molecule has 2 aromatic carbocycles. The molecule has 1 heterocycles. The quantitative estimate of drug-likeness (QED) is 0.316. The lowest BCUT2D eigenvalue weighted by Gasteiger charge is -2.43. The van der Waals surface area contributed by atoms with Crippen molar-refractivity contribution < 1.29 is 4.79 Å². The number of carbonyl (C=O) groups is 1. The predicted octanol–water partition coefficient (Wildman–Crippen LogP) is 6.91. The standard InChI is InChI=1S/C25H24Cl2IN3O/c26-18-7-10-22(20(27)13-18)31-23(17-5-8-19(28)9-6-17)14-21(30-31)24(32)29-25-11-1-3-16(15-25)4-2-12-25/h1,3,5-10,13,16,23H,2,4,11-12,14-15H2,(H,29,32). The van der Waals surface area contributed by atoms with Gasteiger partial charge in [0.25, 0.3) is 5.91 Å². The molecule has 7 heteroatoms. The number of carbonyl (C=O) groups excluding carboxylic acids is 1. The summed E-state index contributed by atoms with van der Waals surface area (Å²) in [6.45, 7) is 0. The highest BCUT2D eigenvalue weighted by atomic mass is 127. The summed E-state index contributed by atoms with van der Waals surface area (Å²) in [6, 6.07) is 13.6. The van der Waals surface area contributed by atoms with Gasteiger partial charge in [-0.1, -0.05) is 53.9 Å². The van der Waals surface area contributed by atoms with Gasteiger partial charge in [0.15, 0.2) is 0 Å². The van der Waals surface area contributed by atoms with Crippen LogP contribution in [0.2, 0.25) is 10.0 Å². The second-order valence-electron chi connectivity index (χ2n) is 8.98. The summed E-state index contributed by atoms with van der Waals surface area (Å²) < 4.78 is 1.16. The van der Waals surface area contributed by atoms with E-state index in [0.717, 1.165) is 40.5 Å². The molecule has 0 spiro atoms. The van der Waals surface area contributed by atoms with E-state index >= 15 is 0 Å². The van der Waals surface area contributed by atoms with Gasteiger partial charge in [-0.25, -0.2) is 0 Å². The van der Waals surface area contributed by atoms with Crippen molar-refractivity contribution in [1.82, 2.24) is 5.32 Å². The molecule has 3 unspecified atom stereocenters. The maximum absolute atomic E-state index is 13.4. The number of hydrogen-bond donors (Lipinski definition) is 1. The maximum Gasteiger partial charge on any atom is 0.268 e. The van der Waals surface area contributed by atoms with Crippen LogP contribution in [0.5, 0.6) is 0 Å². The van der Waals surface area contributed by atoms with Gasteiger partial charge in [-0.15, -0.1) is 0 Å². The molecule has 2 bridgehead atoms. The molecule has 4 nitrogen and oxygen atoms in total. The van der Waals surface area contributed by atoms with Gasteiger partial charge in [0.05, 0.1) is 16.8 Å². The highest BCUT2D eigenvalue weighted by Gasteiger charge is 2.41. The summed E-state index contributed by atoms with van der Waals surface area (Å²) in [5.74, 6) is 0.510. The largest absolute Gasteiger partial charge is 0.345 e. The van der Waals surface area contributed by atoms with Gasteiger partial charge >= 0.3 is 0 Å². The fraction of sp³-hybridized carbons (Fsp3) is 0.360. The van der Waals surface area contributed by atoms with Crippen LogP contribution in [-0.2, 0) is 4.79 Å². The van der Waals surface area contributed by atoms with Crippen LogP contribution in [-0.4, -0.2) is 17.2 Å². The van der Waals surface area contributed by atoms with Crippen LogP contribution in [0.4, 0.5) is 5.69 Å². The van der Waals surface area contributed by atoms with Crippen molar-refractivity contribution in [3.63, 3.8) is 0 Å². The van der Waals surface area contributed by atoms with Gasteiger partial charge in [-0.2, -0.15) is 5.10 Å². The normalized spacial score (nSPS) is 26.7. The number of anilines is 1. The lowest BCUT2D eigenvalue weighted by molar-refractivity contribution is -0.117. The van der Waals surface area contributed by atoms with Crippen LogP contribution < -0.4 is 10.3 Å². The number of halogens is 3. The zero-order valence-electron chi connectivity index (χ0n) is 17.5. The van der Waals surface area contributed by atoms with Gasteiger partial charge in [0.1, 0.15) is 5.71 Å². The summed E-state index contributed by atoms with van der Waals surface area (Å²) in [7, 11) is 0. The Morgan fingerprint density at radius 2 is 2.00 bits per heavy atom. The summed E-state index contributed by atoms with van der Waals surface area (Å²) in [5.41, 5.74) is 2.25. The third kappa shape index (κ3) is 4.44. The molecular formula is C25H24Cl2IN3O. The first-order chi connectivity index (χ1) is 15.4. The second kappa shape index (κ2) is 8.99. The number of allylic oxidation sites excluding steroid dienone is 1. The first kappa shape index (κ1) is 22.2. The number of hydrazone groups is 1. The Morgan fingerprint density at radius 1 is 1.19 bits per heavy atom. The Bertz CT molecular complexity index is 1100. The molecule has 3 aliphatic rings. The van der Waals surface area contributed by atoms with Crippen molar-refractivity contribution in [3.8, 4) is 0 Å². The van der Waals surface area contributed by atoms with E-state index in [1.165, 1.54) is 6.42 Å². The topological polar surface area (TPSA) is 44.7 Å². The van der Waals surface area contributed by atoms with Crippen LogP contribution in [0, 0.1) is 9.49 Å². The van der Waals surface area contributed by atoms with Crippen molar-refractivity contribution in [3.05, 3.63) is 73.8 Å². The maximum atomic E-state index is 13.4. The monoisotopic (exact) mass is 579 g/mol. The number of fused-ring (bicyclic) bond motifs is 2. The Hall–Kier alpha value is -1.57. The van der Waals surface area contributed by atoms with Crippen LogP contribution in [0.1, 0.15) is 50.1 Å². The lowest BCUT2D eigenvalue weighted by Crippen LogP contribution is -2.53. The van der Waals surface area contributed by atoms with Crippen LogP contribution in [0.15, 0.2) is 59.7 Å². The van der Waals surface area contributed by atoms with Crippen molar-refractivity contribution in [2.24, 2.45) is 11.0 Å². The summed E-state index contributed by atoms with van der Waals surface area (Å²) in [5, 5.41) is 11.1. The Kier molecular flexibility index (Phi) is 6.25. The number of rotatable bonds is 4. The van der Waals surface area contributed by atoms with E-state index in [1.54, 1.807) is 12.1 Å². The smallest absolute Gasteiger partial charge is 0.268 e. The molecule has 2 aromatic rings. The molecule has 1 N–H and O–H groups in total. The van der Waals surface area contributed by atoms with E-state index < -0.39 is 0 Å². The molecule has 1 aliphatic heterocycles. The van der Waals surface area contributed by atoms with E-state index in [1.807, 2.05) is 11.1 Å². The molecule has 1 fully saturated rings. The Labute approximate surface area is 212 Å². The Morgan fingerprint density at radius 3 is 2.78 bits per heavy atom. The summed E-state index contributed by atoms with van der Waals surface area (Å²) >= 11 is 15.0. The summed E-state index contributed by atoms with van der Waals surface area (Å²) in [4.78, 5) is 13.4. The fourth-order valence-electron chi connectivity index (χ4n) is 5.20. The molecular weight excluding hydrogens is 556 g/mol. The molecule has 32 heavy (non-hydrogen) atoms. The van der Waals surface area contributed by atoms with E-state index in [-0.39, 0.29) is 17.5 Å². The van der Waals surface area contributed by atoms with Gasteiger partial charge in [0.2, 0.25) is 0 Å². The highest BCUT2D eigenvalue weighted by Crippen LogP contribution is 2.41. The first-order valence-electron chi connectivity index (χ1n) is 11.0. The average Bonchev–Trinajstić information content (AvgIpc) is 3.19. The second-order valence-corrected chi connectivity index (χ2v) is 11.1.